The van der Waals surface area contributed by atoms with Crippen LogP contribution < -0.4 is 5.32 Å². The zero-order chi connectivity index (χ0) is 11.4. The van der Waals surface area contributed by atoms with Crippen molar-refractivity contribution >= 4 is 34.7 Å². The summed E-state index contributed by atoms with van der Waals surface area (Å²) in [7, 11) is 0. The molecule has 0 radical (unpaired) electrons. The molecule has 0 unspecified atom stereocenters. The second-order valence-electron chi connectivity index (χ2n) is 3.07. The SMILES string of the molecule is O=C(Cc1ccsc1)Nc1ccnc(Cl)n1. The molecule has 2 aromatic rings. The van der Waals surface area contributed by atoms with Gasteiger partial charge in [-0.05, 0) is 40.1 Å². The third-order valence-electron chi connectivity index (χ3n) is 1.84. The lowest BCUT2D eigenvalue weighted by atomic mass is 10.2. The van der Waals surface area contributed by atoms with Gasteiger partial charge < -0.3 is 5.32 Å². The number of amides is 1. The van der Waals surface area contributed by atoms with Crippen LogP contribution in [0.1, 0.15) is 5.56 Å². The Kier molecular flexibility index (Phi) is 3.48. The van der Waals surface area contributed by atoms with Crippen LogP contribution in [0.15, 0.2) is 29.1 Å². The van der Waals surface area contributed by atoms with E-state index < -0.39 is 0 Å². The standard InChI is InChI=1S/C10H8ClN3OS/c11-10-12-3-1-8(14-10)13-9(15)5-7-2-4-16-6-7/h1-4,6H,5H2,(H,12,13,14,15). The smallest absolute Gasteiger partial charge is 0.229 e. The van der Waals surface area contributed by atoms with Crippen LogP contribution in [0.4, 0.5) is 5.82 Å². The fourth-order valence-electron chi connectivity index (χ4n) is 1.17. The van der Waals surface area contributed by atoms with Gasteiger partial charge in [-0.25, -0.2) is 9.97 Å². The van der Waals surface area contributed by atoms with E-state index in [-0.39, 0.29) is 11.2 Å². The number of nitrogens with one attached hydrogen (secondary N) is 1. The number of nitrogens with zero attached hydrogens (tertiary/aromatic N) is 2. The van der Waals surface area contributed by atoms with E-state index >= 15 is 0 Å². The molecule has 16 heavy (non-hydrogen) atoms. The highest BCUT2D eigenvalue weighted by atomic mass is 35.5. The Labute approximate surface area is 101 Å². The zero-order valence-electron chi connectivity index (χ0n) is 8.18. The molecular formula is C10H8ClN3OS. The van der Waals surface area contributed by atoms with Gasteiger partial charge in [-0.1, -0.05) is 0 Å². The summed E-state index contributed by atoms with van der Waals surface area (Å²) in [5.41, 5.74) is 0.989. The normalized spacial score (nSPS) is 10.1. The molecule has 0 aliphatic rings. The van der Waals surface area contributed by atoms with Gasteiger partial charge in [0.2, 0.25) is 11.2 Å². The highest BCUT2D eigenvalue weighted by molar-refractivity contribution is 7.08. The molecule has 82 valence electrons. The highest BCUT2D eigenvalue weighted by Gasteiger charge is 2.05. The first kappa shape index (κ1) is 11.0. The van der Waals surface area contributed by atoms with Crippen LogP contribution in [0.3, 0.4) is 0 Å². The van der Waals surface area contributed by atoms with Crippen molar-refractivity contribution < 1.29 is 4.79 Å². The molecule has 0 saturated carbocycles. The molecule has 0 bridgehead atoms. The molecule has 0 aliphatic heterocycles. The van der Waals surface area contributed by atoms with E-state index in [1.807, 2.05) is 16.8 Å². The second kappa shape index (κ2) is 5.05. The Morgan fingerprint density at radius 2 is 2.38 bits per heavy atom. The molecule has 4 nitrogen and oxygen atoms in total. The predicted octanol–water partition coefficient (Wildman–Crippen LogP) is 2.37. The minimum atomic E-state index is -0.117. The largest absolute Gasteiger partial charge is 0.310 e. The zero-order valence-corrected chi connectivity index (χ0v) is 9.76. The summed E-state index contributed by atoms with van der Waals surface area (Å²) in [4.78, 5) is 19.2. The minimum Gasteiger partial charge on any atom is -0.310 e. The molecule has 0 saturated heterocycles. The van der Waals surface area contributed by atoms with Crippen molar-refractivity contribution in [3.8, 4) is 0 Å². The van der Waals surface area contributed by atoms with Gasteiger partial charge in [0.05, 0.1) is 6.42 Å². The quantitative estimate of drug-likeness (QED) is 0.855. The van der Waals surface area contributed by atoms with Crippen molar-refractivity contribution in [1.29, 1.82) is 0 Å². The Balaban J connectivity index is 1.97. The molecule has 6 heteroatoms. The molecular weight excluding hydrogens is 246 g/mol. The van der Waals surface area contributed by atoms with Gasteiger partial charge in [0.15, 0.2) is 0 Å². The third-order valence-corrected chi connectivity index (χ3v) is 2.75. The topological polar surface area (TPSA) is 54.9 Å². The van der Waals surface area contributed by atoms with Crippen molar-refractivity contribution in [1.82, 2.24) is 9.97 Å². The predicted molar refractivity (Wildman–Crippen MR) is 63.7 cm³/mol. The molecule has 0 spiro atoms. The van der Waals surface area contributed by atoms with E-state index in [0.717, 1.165) is 5.56 Å². The Morgan fingerprint density at radius 3 is 3.06 bits per heavy atom. The van der Waals surface area contributed by atoms with E-state index in [4.69, 9.17) is 11.6 Å². The number of anilines is 1. The van der Waals surface area contributed by atoms with Gasteiger partial charge in [0.1, 0.15) is 5.82 Å². The van der Waals surface area contributed by atoms with Gasteiger partial charge in [-0.15, -0.1) is 0 Å². The van der Waals surface area contributed by atoms with Crippen molar-refractivity contribution in [3.05, 3.63) is 39.9 Å². The van der Waals surface area contributed by atoms with Crippen LogP contribution >= 0.6 is 22.9 Å². The molecule has 0 fully saturated rings. The van der Waals surface area contributed by atoms with Crippen molar-refractivity contribution in [2.24, 2.45) is 0 Å². The molecule has 2 aromatic heterocycles. The molecule has 1 N–H and O–H groups in total. The molecule has 0 aromatic carbocycles. The van der Waals surface area contributed by atoms with E-state index in [1.54, 1.807) is 17.4 Å². The lowest BCUT2D eigenvalue weighted by Crippen LogP contribution is -2.15. The van der Waals surface area contributed by atoms with Crippen LogP contribution in [-0.2, 0) is 11.2 Å². The van der Waals surface area contributed by atoms with Crippen LogP contribution in [0.2, 0.25) is 5.28 Å². The maximum atomic E-state index is 11.6. The number of hydrogen-bond acceptors (Lipinski definition) is 4. The van der Waals surface area contributed by atoms with Gasteiger partial charge in [0.25, 0.3) is 0 Å². The van der Waals surface area contributed by atoms with Gasteiger partial charge in [0, 0.05) is 6.20 Å². The Bertz CT molecular complexity index is 487. The van der Waals surface area contributed by atoms with Gasteiger partial charge in [-0.2, -0.15) is 11.3 Å². The Hall–Kier alpha value is -1.46. The van der Waals surface area contributed by atoms with Crippen LogP contribution in [0.25, 0.3) is 0 Å². The monoisotopic (exact) mass is 253 g/mol. The summed E-state index contributed by atoms with van der Waals surface area (Å²) in [6.45, 7) is 0. The van der Waals surface area contributed by atoms with E-state index in [9.17, 15) is 4.79 Å². The fraction of sp³-hybridized carbons (Fsp3) is 0.100. The van der Waals surface area contributed by atoms with Crippen LogP contribution in [0, 0.1) is 0 Å². The summed E-state index contributed by atoms with van der Waals surface area (Å²) in [6, 6.07) is 3.51. The second-order valence-corrected chi connectivity index (χ2v) is 4.19. The number of halogens is 1. The number of hydrogen-bond donors (Lipinski definition) is 1. The number of thiophene rings is 1. The average molecular weight is 254 g/mol. The molecule has 2 heterocycles. The summed E-state index contributed by atoms with van der Waals surface area (Å²) in [6.07, 6.45) is 1.83. The van der Waals surface area contributed by atoms with Gasteiger partial charge >= 0.3 is 0 Å². The lowest BCUT2D eigenvalue weighted by Gasteiger charge is -2.02. The third kappa shape index (κ3) is 3.01. The summed E-state index contributed by atoms with van der Waals surface area (Å²) in [5.74, 6) is 0.299. The maximum absolute atomic E-state index is 11.6. The number of aromatic nitrogens is 2. The number of carbonyl (C=O) groups excluding carboxylic acids is 1. The van der Waals surface area contributed by atoms with Crippen LogP contribution in [-0.4, -0.2) is 15.9 Å². The summed E-state index contributed by atoms with van der Waals surface area (Å²) < 4.78 is 0. The average Bonchev–Trinajstić information content (AvgIpc) is 2.70. The summed E-state index contributed by atoms with van der Waals surface area (Å²) in [5, 5.41) is 6.64. The van der Waals surface area contributed by atoms with Crippen LogP contribution in [0.5, 0.6) is 0 Å². The van der Waals surface area contributed by atoms with E-state index in [0.29, 0.717) is 12.2 Å². The lowest BCUT2D eigenvalue weighted by molar-refractivity contribution is -0.115. The fourth-order valence-corrected chi connectivity index (χ4v) is 1.99. The Morgan fingerprint density at radius 1 is 1.50 bits per heavy atom. The minimum absolute atomic E-state index is 0.117. The van der Waals surface area contributed by atoms with Crippen molar-refractivity contribution in [3.63, 3.8) is 0 Å². The van der Waals surface area contributed by atoms with Gasteiger partial charge in [-0.3, -0.25) is 4.79 Å². The van der Waals surface area contributed by atoms with E-state index in [2.05, 4.69) is 15.3 Å². The highest BCUT2D eigenvalue weighted by Crippen LogP contribution is 2.09. The number of rotatable bonds is 3. The molecule has 1 amide bonds. The molecule has 0 atom stereocenters. The number of carbonyl (C=O) groups is 1. The first-order valence-electron chi connectivity index (χ1n) is 4.53. The van der Waals surface area contributed by atoms with E-state index in [1.165, 1.54) is 6.20 Å². The van der Waals surface area contributed by atoms with Crippen molar-refractivity contribution in [2.75, 3.05) is 5.32 Å². The molecule has 0 aliphatic carbocycles. The maximum Gasteiger partial charge on any atom is 0.229 e. The molecule has 2 rings (SSSR count). The first-order chi connectivity index (χ1) is 7.74. The summed E-state index contributed by atoms with van der Waals surface area (Å²) >= 11 is 7.16. The van der Waals surface area contributed by atoms with Crippen molar-refractivity contribution in [2.45, 2.75) is 6.42 Å². The first-order valence-corrected chi connectivity index (χ1v) is 5.85.